The summed E-state index contributed by atoms with van der Waals surface area (Å²) in [6.07, 6.45) is 3.60. The van der Waals surface area contributed by atoms with Crippen molar-refractivity contribution in [2.24, 2.45) is 10.7 Å². The Labute approximate surface area is 126 Å². The van der Waals surface area contributed by atoms with Crippen LogP contribution in [0.1, 0.15) is 12.5 Å². The average Bonchev–Trinajstić information content (AvgIpc) is 2.77. The number of nitrogens with zero attached hydrogens (tertiary/aromatic N) is 3. The Hall–Kier alpha value is -1.88. The minimum absolute atomic E-state index is 0.284. The molecule has 20 heavy (non-hydrogen) atoms. The van der Waals surface area contributed by atoms with E-state index in [2.05, 4.69) is 37.7 Å². The molecule has 1 atom stereocenters. The van der Waals surface area contributed by atoms with E-state index in [1.165, 1.54) is 0 Å². The molecule has 3 rings (SSSR count). The van der Waals surface area contributed by atoms with Gasteiger partial charge < -0.3 is 10.6 Å². The van der Waals surface area contributed by atoms with Crippen LogP contribution < -0.4 is 10.6 Å². The largest absolute Gasteiger partial charge is 0.369 e. The van der Waals surface area contributed by atoms with Gasteiger partial charge in [0.15, 0.2) is 5.96 Å². The minimum atomic E-state index is -0.284. The molecule has 2 N–H and O–H groups in total. The van der Waals surface area contributed by atoms with Crippen LogP contribution in [-0.2, 0) is 5.54 Å². The van der Waals surface area contributed by atoms with Crippen molar-refractivity contribution >= 4 is 27.6 Å². The van der Waals surface area contributed by atoms with E-state index >= 15 is 0 Å². The van der Waals surface area contributed by atoms with E-state index in [1.807, 2.05) is 36.4 Å². The first kappa shape index (κ1) is 13.1. The van der Waals surface area contributed by atoms with Crippen molar-refractivity contribution in [1.82, 2.24) is 4.98 Å². The average molecular weight is 331 g/mol. The zero-order chi connectivity index (χ0) is 14.2. The minimum Gasteiger partial charge on any atom is -0.369 e. The Morgan fingerprint density at radius 1 is 1.25 bits per heavy atom. The van der Waals surface area contributed by atoms with Crippen molar-refractivity contribution in [2.45, 2.75) is 12.5 Å². The molecule has 1 aromatic carbocycles. The van der Waals surface area contributed by atoms with E-state index < -0.39 is 0 Å². The number of halogens is 1. The van der Waals surface area contributed by atoms with Gasteiger partial charge in [0.25, 0.3) is 0 Å². The molecular formula is C15H15BrN4. The van der Waals surface area contributed by atoms with Gasteiger partial charge in [0.2, 0.25) is 0 Å². The van der Waals surface area contributed by atoms with Crippen molar-refractivity contribution in [2.75, 3.05) is 11.4 Å². The number of pyridine rings is 1. The summed E-state index contributed by atoms with van der Waals surface area (Å²) >= 11 is 3.51. The molecular weight excluding hydrogens is 316 g/mol. The van der Waals surface area contributed by atoms with Crippen molar-refractivity contribution in [3.63, 3.8) is 0 Å². The topological polar surface area (TPSA) is 54.5 Å². The number of hydrogen-bond donors (Lipinski definition) is 1. The third-order valence-electron chi connectivity index (χ3n) is 3.64. The van der Waals surface area contributed by atoms with Gasteiger partial charge in [-0.15, -0.1) is 0 Å². The Kier molecular flexibility index (Phi) is 3.22. The van der Waals surface area contributed by atoms with E-state index in [9.17, 15) is 0 Å². The summed E-state index contributed by atoms with van der Waals surface area (Å²) in [7, 11) is 0. The van der Waals surface area contributed by atoms with E-state index in [4.69, 9.17) is 5.73 Å². The van der Waals surface area contributed by atoms with E-state index in [-0.39, 0.29) is 5.54 Å². The summed E-state index contributed by atoms with van der Waals surface area (Å²) < 4.78 is 1.02. The van der Waals surface area contributed by atoms with Crippen LogP contribution in [0, 0.1) is 0 Å². The Bertz CT molecular complexity index is 656. The predicted molar refractivity (Wildman–Crippen MR) is 84.7 cm³/mol. The van der Waals surface area contributed by atoms with Crippen molar-refractivity contribution < 1.29 is 0 Å². The third kappa shape index (κ3) is 2.08. The van der Waals surface area contributed by atoms with Crippen LogP contribution in [0.25, 0.3) is 0 Å². The number of hydrogen-bond acceptors (Lipinski definition) is 4. The fourth-order valence-electron chi connectivity index (χ4n) is 2.59. The molecule has 0 bridgehead atoms. The lowest BCUT2D eigenvalue weighted by Crippen LogP contribution is -2.47. The SMILES string of the molecule is CC1(c2ccncc2)CN=C(N)N1c1cccc(Br)c1. The first-order valence-electron chi connectivity index (χ1n) is 6.37. The molecule has 0 amide bonds. The molecule has 2 aromatic rings. The molecule has 2 heterocycles. The number of aliphatic imine (C=N–C) groups is 1. The van der Waals surface area contributed by atoms with Crippen LogP contribution in [0.2, 0.25) is 0 Å². The zero-order valence-corrected chi connectivity index (χ0v) is 12.7. The van der Waals surface area contributed by atoms with E-state index in [0.717, 1.165) is 15.7 Å². The second-order valence-electron chi connectivity index (χ2n) is 5.00. The standard InChI is InChI=1S/C15H15BrN4/c1-15(11-5-7-18-8-6-11)10-19-14(17)20(15)13-4-2-3-12(16)9-13/h2-9H,10H2,1H3,(H2,17,19). The first-order valence-corrected chi connectivity index (χ1v) is 7.17. The molecule has 1 unspecified atom stereocenters. The highest BCUT2D eigenvalue weighted by atomic mass is 79.9. The van der Waals surface area contributed by atoms with Gasteiger partial charge in [-0.3, -0.25) is 9.98 Å². The molecule has 0 spiro atoms. The molecule has 0 saturated heterocycles. The van der Waals surface area contributed by atoms with Gasteiger partial charge in [-0.1, -0.05) is 22.0 Å². The number of anilines is 1. The maximum absolute atomic E-state index is 6.12. The van der Waals surface area contributed by atoms with Crippen LogP contribution in [-0.4, -0.2) is 17.5 Å². The van der Waals surface area contributed by atoms with Crippen LogP contribution in [0.4, 0.5) is 5.69 Å². The fraction of sp³-hybridized carbons (Fsp3) is 0.200. The molecule has 1 aliphatic heterocycles. The molecule has 4 nitrogen and oxygen atoms in total. The van der Waals surface area contributed by atoms with Crippen molar-refractivity contribution in [1.29, 1.82) is 0 Å². The third-order valence-corrected chi connectivity index (χ3v) is 4.13. The summed E-state index contributed by atoms with van der Waals surface area (Å²) in [6, 6.07) is 12.1. The molecule has 0 fully saturated rings. The Morgan fingerprint density at radius 3 is 2.70 bits per heavy atom. The van der Waals surface area contributed by atoms with Crippen LogP contribution in [0.5, 0.6) is 0 Å². The highest BCUT2D eigenvalue weighted by Crippen LogP contribution is 2.37. The molecule has 1 aliphatic rings. The van der Waals surface area contributed by atoms with Gasteiger partial charge in [0, 0.05) is 22.6 Å². The lowest BCUT2D eigenvalue weighted by Gasteiger charge is -2.36. The van der Waals surface area contributed by atoms with Gasteiger partial charge in [-0.2, -0.15) is 0 Å². The van der Waals surface area contributed by atoms with Gasteiger partial charge in [0.1, 0.15) is 0 Å². The summed E-state index contributed by atoms with van der Waals surface area (Å²) in [6.45, 7) is 2.78. The summed E-state index contributed by atoms with van der Waals surface area (Å²) in [5.41, 5.74) is 8.01. The maximum Gasteiger partial charge on any atom is 0.196 e. The molecule has 0 aliphatic carbocycles. The van der Waals surface area contributed by atoms with E-state index in [0.29, 0.717) is 12.5 Å². The Morgan fingerprint density at radius 2 is 2.00 bits per heavy atom. The number of nitrogens with two attached hydrogens (primary N) is 1. The molecule has 0 saturated carbocycles. The van der Waals surface area contributed by atoms with Crippen LogP contribution in [0.3, 0.4) is 0 Å². The summed E-state index contributed by atoms with van der Waals surface area (Å²) in [4.78, 5) is 10.6. The van der Waals surface area contributed by atoms with Crippen LogP contribution in [0.15, 0.2) is 58.3 Å². The second kappa shape index (κ2) is 4.90. The predicted octanol–water partition coefficient (Wildman–Crippen LogP) is 2.89. The molecule has 1 aromatic heterocycles. The van der Waals surface area contributed by atoms with Crippen LogP contribution >= 0.6 is 15.9 Å². The number of rotatable bonds is 2. The van der Waals surface area contributed by atoms with Gasteiger partial charge in [-0.05, 0) is 42.8 Å². The first-order chi connectivity index (χ1) is 9.61. The number of aromatic nitrogens is 1. The number of guanidine groups is 1. The van der Waals surface area contributed by atoms with Crippen molar-refractivity contribution in [3.8, 4) is 0 Å². The van der Waals surface area contributed by atoms with Crippen molar-refractivity contribution in [3.05, 3.63) is 58.8 Å². The lowest BCUT2D eigenvalue weighted by atomic mass is 9.91. The molecule has 102 valence electrons. The fourth-order valence-corrected chi connectivity index (χ4v) is 2.98. The zero-order valence-electron chi connectivity index (χ0n) is 11.1. The second-order valence-corrected chi connectivity index (χ2v) is 5.92. The number of benzene rings is 1. The maximum atomic E-state index is 6.12. The smallest absolute Gasteiger partial charge is 0.196 e. The summed E-state index contributed by atoms with van der Waals surface area (Å²) in [5, 5.41) is 0. The lowest BCUT2D eigenvalue weighted by molar-refractivity contribution is 0.532. The van der Waals surface area contributed by atoms with E-state index in [1.54, 1.807) is 12.4 Å². The highest BCUT2D eigenvalue weighted by molar-refractivity contribution is 9.10. The molecule has 5 heteroatoms. The Balaban J connectivity index is 2.09. The summed E-state index contributed by atoms with van der Waals surface area (Å²) in [5.74, 6) is 0.544. The molecule has 0 radical (unpaired) electrons. The monoisotopic (exact) mass is 330 g/mol. The normalized spacial score (nSPS) is 21.9. The quantitative estimate of drug-likeness (QED) is 0.921. The van der Waals surface area contributed by atoms with Gasteiger partial charge in [0.05, 0.1) is 12.1 Å². The van der Waals surface area contributed by atoms with Gasteiger partial charge >= 0.3 is 0 Å². The van der Waals surface area contributed by atoms with Gasteiger partial charge in [-0.25, -0.2) is 0 Å². The highest BCUT2D eigenvalue weighted by Gasteiger charge is 2.40.